The topological polar surface area (TPSA) is 92.3 Å². The van der Waals surface area contributed by atoms with Gasteiger partial charge in [0.25, 0.3) is 0 Å². The van der Waals surface area contributed by atoms with Crippen LogP contribution in [0.5, 0.6) is 5.75 Å². The van der Waals surface area contributed by atoms with Crippen molar-refractivity contribution < 1.29 is 9.53 Å². The Bertz CT molecular complexity index is 1180. The van der Waals surface area contributed by atoms with Crippen LogP contribution in [0.15, 0.2) is 36.8 Å². The van der Waals surface area contributed by atoms with Crippen LogP contribution in [0, 0.1) is 23.2 Å². The molecule has 0 aromatic carbocycles. The van der Waals surface area contributed by atoms with Crippen LogP contribution in [0.25, 0.3) is 16.6 Å². The predicted octanol–water partition coefficient (Wildman–Crippen LogP) is 4.07. The number of rotatable bonds is 5. The zero-order chi connectivity index (χ0) is 22.2. The van der Waals surface area contributed by atoms with Gasteiger partial charge in [0.1, 0.15) is 11.8 Å². The van der Waals surface area contributed by atoms with Gasteiger partial charge in [0.2, 0.25) is 5.91 Å². The highest BCUT2D eigenvalue weighted by atomic mass is 16.5. The van der Waals surface area contributed by atoms with E-state index in [0.29, 0.717) is 41.7 Å². The van der Waals surface area contributed by atoms with Gasteiger partial charge in [-0.15, -0.1) is 0 Å². The molecule has 5 rings (SSSR count). The Kier molecular flexibility index (Phi) is 5.30. The molecular weight excluding hydrogens is 402 g/mol. The highest BCUT2D eigenvalue weighted by Gasteiger charge is 2.44. The summed E-state index contributed by atoms with van der Waals surface area (Å²) in [5.74, 6) is 2.36. The number of nitrogens with zero attached hydrogens (tertiary/aromatic N) is 4. The Morgan fingerprint density at radius 2 is 2.06 bits per heavy atom. The first-order valence-electron chi connectivity index (χ1n) is 11.3. The molecule has 164 valence electrons. The van der Waals surface area contributed by atoms with Crippen LogP contribution < -0.4 is 10.1 Å². The quantitative estimate of drug-likeness (QED) is 0.660. The number of amides is 1. The third kappa shape index (κ3) is 3.60. The average Bonchev–Trinajstić information content (AvgIpc) is 3.31. The molecule has 0 aliphatic heterocycles. The number of aromatic nitrogens is 3. The highest BCUT2D eigenvalue weighted by molar-refractivity contribution is 5.85. The summed E-state index contributed by atoms with van der Waals surface area (Å²) in [7, 11) is 0. The van der Waals surface area contributed by atoms with Crippen molar-refractivity contribution in [1.29, 1.82) is 5.26 Å². The standard InChI is InChI=1S/C25H27N5O2/c1-3-32-21-10-22(25-19(11-26)13-28-30(25)14-21)18-6-7-23(27-12-18)24-16-4-5-17(24)9-20(8-16)29-15(2)31/h6-7,10,12-14,16-17,20,24H,3-5,8-9H2,1-2H3,(H,29,31). The Hall–Kier alpha value is -3.40. The molecule has 2 saturated carbocycles. The maximum absolute atomic E-state index is 11.5. The number of nitriles is 1. The number of ether oxygens (including phenoxy) is 1. The number of hydrogen-bond acceptors (Lipinski definition) is 5. The molecule has 1 N–H and O–H groups in total. The summed E-state index contributed by atoms with van der Waals surface area (Å²) >= 11 is 0. The van der Waals surface area contributed by atoms with E-state index >= 15 is 0 Å². The third-order valence-corrected chi connectivity index (χ3v) is 6.96. The van der Waals surface area contributed by atoms with E-state index in [1.54, 1.807) is 23.8 Å². The molecule has 3 aromatic rings. The third-order valence-electron chi connectivity index (χ3n) is 6.96. The molecule has 2 bridgehead atoms. The lowest BCUT2D eigenvalue weighted by atomic mass is 9.74. The van der Waals surface area contributed by atoms with Gasteiger partial charge in [-0.25, -0.2) is 4.52 Å². The van der Waals surface area contributed by atoms with E-state index in [2.05, 4.69) is 28.6 Å². The monoisotopic (exact) mass is 429 g/mol. The van der Waals surface area contributed by atoms with Crippen molar-refractivity contribution >= 4 is 11.4 Å². The summed E-state index contributed by atoms with van der Waals surface area (Å²) in [6.07, 6.45) is 9.76. The number of carbonyl (C=O) groups is 1. The average molecular weight is 430 g/mol. The molecule has 0 radical (unpaired) electrons. The Morgan fingerprint density at radius 3 is 2.69 bits per heavy atom. The summed E-state index contributed by atoms with van der Waals surface area (Å²) in [4.78, 5) is 16.4. The molecule has 2 aliphatic carbocycles. The highest BCUT2D eigenvalue weighted by Crippen LogP contribution is 2.51. The van der Waals surface area contributed by atoms with Crippen LogP contribution in [0.2, 0.25) is 0 Å². The molecule has 2 aliphatic rings. The van der Waals surface area contributed by atoms with Crippen LogP contribution in [0.3, 0.4) is 0 Å². The Balaban J connectivity index is 1.46. The lowest BCUT2D eigenvalue weighted by Crippen LogP contribution is -2.40. The molecule has 2 unspecified atom stereocenters. The van der Waals surface area contributed by atoms with E-state index in [1.165, 1.54) is 12.8 Å². The minimum absolute atomic E-state index is 0.0625. The second-order valence-corrected chi connectivity index (χ2v) is 8.95. The number of hydrogen-bond donors (Lipinski definition) is 1. The number of nitrogens with one attached hydrogen (secondary N) is 1. The largest absolute Gasteiger partial charge is 0.492 e. The van der Waals surface area contributed by atoms with E-state index in [1.807, 2.05) is 19.2 Å². The van der Waals surface area contributed by atoms with Crippen LogP contribution in [-0.4, -0.2) is 33.2 Å². The lowest BCUT2D eigenvalue weighted by molar-refractivity contribution is -0.120. The summed E-state index contributed by atoms with van der Waals surface area (Å²) in [5.41, 5.74) is 4.26. The molecule has 3 heterocycles. The lowest BCUT2D eigenvalue weighted by Gasteiger charge is -2.35. The van der Waals surface area contributed by atoms with E-state index in [-0.39, 0.29) is 5.91 Å². The molecule has 1 amide bonds. The first kappa shape index (κ1) is 20.5. The second kappa shape index (κ2) is 8.27. The van der Waals surface area contributed by atoms with Gasteiger partial charge in [0.15, 0.2) is 0 Å². The SMILES string of the molecule is CCOc1cc(-c2ccc(C3C4CCC3CC(NC(C)=O)C4)nc2)c2c(C#N)cnn2c1. The molecule has 2 fully saturated rings. The molecule has 0 spiro atoms. The van der Waals surface area contributed by atoms with Crippen molar-refractivity contribution in [3.8, 4) is 22.9 Å². The summed E-state index contributed by atoms with van der Waals surface area (Å²) in [6, 6.07) is 8.72. The number of carbonyl (C=O) groups excluding carboxylic acids is 1. The maximum atomic E-state index is 11.5. The molecule has 0 saturated heterocycles. The molecule has 32 heavy (non-hydrogen) atoms. The number of fused-ring (bicyclic) bond motifs is 3. The van der Waals surface area contributed by atoms with E-state index in [4.69, 9.17) is 9.72 Å². The molecule has 7 nitrogen and oxygen atoms in total. The predicted molar refractivity (Wildman–Crippen MR) is 120 cm³/mol. The normalized spacial score (nSPS) is 24.3. The van der Waals surface area contributed by atoms with Gasteiger partial charge in [-0.3, -0.25) is 9.78 Å². The maximum Gasteiger partial charge on any atom is 0.217 e. The van der Waals surface area contributed by atoms with Crippen molar-refractivity contribution in [1.82, 2.24) is 19.9 Å². The van der Waals surface area contributed by atoms with E-state index < -0.39 is 0 Å². The Morgan fingerprint density at radius 1 is 1.28 bits per heavy atom. The van der Waals surface area contributed by atoms with Gasteiger partial charge in [-0.1, -0.05) is 6.07 Å². The zero-order valence-corrected chi connectivity index (χ0v) is 18.4. The minimum atomic E-state index is 0.0625. The van der Waals surface area contributed by atoms with Gasteiger partial charge in [0, 0.05) is 41.9 Å². The van der Waals surface area contributed by atoms with Gasteiger partial charge in [-0.2, -0.15) is 10.4 Å². The summed E-state index contributed by atoms with van der Waals surface area (Å²) in [5, 5.41) is 17.0. The number of pyridine rings is 2. The first-order chi connectivity index (χ1) is 15.6. The fraction of sp³-hybridized carbons (Fsp3) is 0.440. The first-order valence-corrected chi connectivity index (χ1v) is 11.3. The Labute approximate surface area is 187 Å². The molecule has 3 aromatic heterocycles. The molecular formula is C25H27N5O2. The van der Waals surface area contributed by atoms with Crippen LogP contribution >= 0.6 is 0 Å². The fourth-order valence-corrected chi connectivity index (χ4v) is 5.82. The van der Waals surface area contributed by atoms with E-state index in [0.717, 1.165) is 35.2 Å². The molecule has 7 heteroatoms. The van der Waals surface area contributed by atoms with Gasteiger partial charge >= 0.3 is 0 Å². The summed E-state index contributed by atoms with van der Waals surface area (Å²) < 4.78 is 7.42. The van der Waals surface area contributed by atoms with E-state index in [9.17, 15) is 10.1 Å². The smallest absolute Gasteiger partial charge is 0.217 e. The van der Waals surface area contributed by atoms with Gasteiger partial charge < -0.3 is 10.1 Å². The van der Waals surface area contributed by atoms with Crippen LogP contribution in [0.4, 0.5) is 0 Å². The summed E-state index contributed by atoms with van der Waals surface area (Å²) in [6.45, 7) is 4.10. The van der Waals surface area contributed by atoms with Crippen LogP contribution in [-0.2, 0) is 4.79 Å². The van der Waals surface area contributed by atoms with Crippen molar-refractivity contribution in [3.63, 3.8) is 0 Å². The van der Waals surface area contributed by atoms with Gasteiger partial charge in [-0.05, 0) is 56.6 Å². The van der Waals surface area contributed by atoms with Gasteiger partial charge in [0.05, 0.1) is 30.1 Å². The van der Waals surface area contributed by atoms with Crippen molar-refractivity contribution in [2.45, 2.75) is 51.5 Å². The van der Waals surface area contributed by atoms with Crippen molar-refractivity contribution in [2.75, 3.05) is 6.61 Å². The second-order valence-electron chi connectivity index (χ2n) is 8.95. The zero-order valence-electron chi connectivity index (χ0n) is 18.4. The fourth-order valence-electron chi connectivity index (χ4n) is 5.82. The minimum Gasteiger partial charge on any atom is -0.492 e. The van der Waals surface area contributed by atoms with Crippen molar-refractivity contribution in [2.24, 2.45) is 11.8 Å². The van der Waals surface area contributed by atoms with Crippen LogP contribution in [0.1, 0.15) is 56.7 Å². The molecule has 2 atom stereocenters. The van der Waals surface area contributed by atoms with Crippen molar-refractivity contribution in [3.05, 3.63) is 48.0 Å².